The second-order valence-corrected chi connectivity index (χ2v) is 12.9. The Balaban J connectivity index is 1.24. The zero-order chi connectivity index (χ0) is 37.4. The van der Waals surface area contributed by atoms with E-state index in [2.05, 4.69) is 5.32 Å². The fourth-order valence-electron chi connectivity index (χ4n) is 6.99. The van der Waals surface area contributed by atoms with Crippen LogP contribution in [-0.2, 0) is 17.9 Å². The molecule has 0 amide bonds. The number of ether oxygens (including phenoxy) is 2. The molecule has 1 saturated heterocycles. The zero-order valence-corrected chi connectivity index (χ0v) is 29.1. The van der Waals surface area contributed by atoms with E-state index >= 15 is 0 Å². The molecule has 1 aliphatic heterocycles. The van der Waals surface area contributed by atoms with Crippen LogP contribution in [0.25, 0.3) is 56.2 Å². The molecule has 14 heteroatoms. The van der Waals surface area contributed by atoms with E-state index in [9.17, 15) is 27.5 Å². The third-order valence-electron chi connectivity index (χ3n) is 9.58. The Bertz CT molecular complexity index is 2310. The second-order valence-electron chi connectivity index (χ2n) is 12.9. The van der Waals surface area contributed by atoms with E-state index in [1.807, 2.05) is 57.2 Å². The van der Waals surface area contributed by atoms with Gasteiger partial charge in [-0.2, -0.15) is 17.6 Å². The van der Waals surface area contributed by atoms with Crippen LogP contribution >= 0.6 is 0 Å². The third-order valence-corrected chi connectivity index (χ3v) is 9.58. The van der Waals surface area contributed by atoms with Crippen molar-refractivity contribution in [2.24, 2.45) is 0 Å². The SMILES string of the molecule is CCNCc1cc2nc(-c3cccc(-c4cccc(-c5nc6cc(CN7CCC[C@H]7C(=O)O)c(OC(F)F)cc6o5)c4C)c3C)oc2cc1OC(F)F. The summed E-state index contributed by atoms with van der Waals surface area (Å²) in [6.07, 6.45) is 1.16. The first kappa shape index (κ1) is 35.9. The van der Waals surface area contributed by atoms with Crippen LogP contribution in [0.5, 0.6) is 11.5 Å². The number of benzene rings is 4. The number of carboxylic acid groups (broad SMARTS) is 1. The normalized spacial score (nSPS) is 15.0. The molecule has 6 aromatic rings. The van der Waals surface area contributed by atoms with Crippen molar-refractivity contribution >= 4 is 28.2 Å². The zero-order valence-electron chi connectivity index (χ0n) is 29.1. The summed E-state index contributed by atoms with van der Waals surface area (Å²) < 4.78 is 75.2. The number of nitrogens with zero attached hydrogens (tertiary/aromatic N) is 3. The Kier molecular flexibility index (Phi) is 10.1. The predicted octanol–water partition coefficient (Wildman–Crippen LogP) is 8.95. The van der Waals surface area contributed by atoms with Crippen molar-refractivity contribution in [2.75, 3.05) is 13.1 Å². The number of nitrogens with one attached hydrogen (secondary N) is 1. The lowest BCUT2D eigenvalue weighted by atomic mass is 9.91. The summed E-state index contributed by atoms with van der Waals surface area (Å²) in [5.41, 5.74) is 7.20. The molecule has 276 valence electrons. The van der Waals surface area contributed by atoms with Crippen LogP contribution in [0.3, 0.4) is 0 Å². The molecule has 0 bridgehead atoms. The number of carboxylic acids is 1. The Morgan fingerprint density at radius 2 is 1.36 bits per heavy atom. The van der Waals surface area contributed by atoms with E-state index in [4.69, 9.17) is 28.3 Å². The number of hydrogen-bond donors (Lipinski definition) is 2. The number of aliphatic carboxylic acids is 1. The van der Waals surface area contributed by atoms with Crippen LogP contribution < -0.4 is 14.8 Å². The molecule has 3 heterocycles. The van der Waals surface area contributed by atoms with Crippen molar-refractivity contribution in [3.63, 3.8) is 0 Å². The second kappa shape index (κ2) is 14.9. The highest BCUT2D eigenvalue weighted by Gasteiger charge is 2.31. The monoisotopic (exact) mass is 732 g/mol. The van der Waals surface area contributed by atoms with Gasteiger partial charge in [0.05, 0.1) is 0 Å². The molecule has 0 saturated carbocycles. The number of fused-ring (bicyclic) bond motifs is 2. The lowest BCUT2D eigenvalue weighted by molar-refractivity contribution is -0.142. The van der Waals surface area contributed by atoms with Crippen LogP contribution in [0.4, 0.5) is 17.6 Å². The van der Waals surface area contributed by atoms with Gasteiger partial charge in [-0.1, -0.05) is 31.2 Å². The van der Waals surface area contributed by atoms with Crippen molar-refractivity contribution in [1.82, 2.24) is 20.2 Å². The van der Waals surface area contributed by atoms with Crippen LogP contribution in [0.1, 0.15) is 42.0 Å². The molecule has 1 atom stereocenters. The van der Waals surface area contributed by atoms with Crippen molar-refractivity contribution in [3.05, 3.63) is 82.9 Å². The first-order valence-corrected chi connectivity index (χ1v) is 17.1. The molecule has 0 radical (unpaired) electrons. The Hall–Kier alpha value is -5.47. The summed E-state index contributed by atoms with van der Waals surface area (Å²) in [5, 5.41) is 12.8. The van der Waals surface area contributed by atoms with E-state index in [-0.39, 0.29) is 29.5 Å². The fourth-order valence-corrected chi connectivity index (χ4v) is 6.99. The van der Waals surface area contributed by atoms with Gasteiger partial charge >= 0.3 is 19.2 Å². The van der Waals surface area contributed by atoms with Crippen molar-refractivity contribution in [1.29, 1.82) is 0 Å². The predicted molar refractivity (Wildman–Crippen MR) is 189 cm³/mol. The standard InChI is InChI=1S/C39H36F4N4O6/c1-4-44-18-22-14-28-33(16-31(22)52-38(40)41)50-35(45-28)26-10-5-8-24(20(26)2)25-9-6-11-27(21(25)3)36-46-29-15-23(19-47-13-7-12-30(47)37(48)49)32(53-39(42)43)17-34(29)51-36/h5-6,8-11,14-17,30,38-39,44H,4,7,12-13,18-19H2,1-3H3,(H,48,49)/t30-/m0/s1. The minimum absolute atomic E-state index is 0.0145. The van der Waals surface area contributed by atoms with Gasteiger partial charge in [0.1, 0.15) is 28.6 Å². The number of aromatic nitrogens is 2. The molecule has 10 nitrogen and oxygen atoms in total. The fraction of sp³-hybridized carbons (Fsp3) is 0.308. The average Bonchev–Trinajstić information content (AvgIpc) is 3.85. The molecule has 2 N–H and O–H groups in total. The smallest absolute Gasteiger partial charge is 0.387 e. The molecule has 1 aliphatic rings. The lowest BCUT2D eigenvalue weighted by Crippen LogP contribution is -2.35. The molecular formula is C39H36F4N4O6. The van der Waals surface area contributed by atoms with Crippen LogP contribution in [0.2, 0.25) is 0 Å². The van der Waals surface area contributed by atoms with Crippen LogP contribution in [0.15, 0.2) is 69.5 Å². The molecule has 2 aromatic heterocycles. The number of likely N-dealkylation sites (tertiary alicyclic amines) is 1. The number of hydrogen-bond acceptors (Lipinski definition) is 9. The molecule has 7 rings (SSSR count). The first-order chi connectivity index (χ1) is 25.5. The average molecular weight is 733 g/mol. The summed E-state index contributed by atoms with van der Waals surface area (Å²) >= 11 is 0. The van der Waals surface area contributed by atoms with Gasteiger partial charge in [-0.3, -0.25) is 9.69 Å². The number of oxazole rings is 2. The van der Waals surface area contributed by atoms with Gasteiger partial charge in [0, 0.05) is 47.5 Å². The Morgan fingerprint density at radius 1 is 0.849 bits per heavy atom. The van der Waals surface area contributed by atoms with Gasteiger partial charge in [0.25, 0.3) is 0 Å². The quantitative estimate of drug-likeness (QED) is 0.111. The maximum absolute atomic E-state index is 13.5. The van der Waals surface area contributed by atoms with Gasteiger partial charge in [0.15, 0.2) is 11.2 Å². The van der Waals surface area contributed by atoms with E-state index in [0.717, 1.165) is 22.3 Å². The Morgan fingerprint density at radius 3 is 1.87 bits per heavy atom. The van der Waals surface area contributed by atoms with Crippen LogP contribution in [-0.4, -0.2) is 58.3 Å². The topological polar surface area (TPSA) is 123 Å². The van der Waals surface area contributed by atoms with Gasteiger partial charge < -0.3 is 28.7 Å². The number of carbonyl (C=O) groups is 1. The van der Waals surface area contributed by atoms with Crippen molar-refractivity contribution < 1.29 is 45.8 Å². The molecule has 0 unspecified atom stereocenters. The molecule has 53 heavy (non-hydrogen) atoms. The molecular weight excluding hydrogens is 696 g/mol. The summed E-state index contributed by atoms with van der Waals surface area (Å²) in [6, 6.07) is 16.8. The summed E-state index contributed by atoms with van der Waals surface area (Å²) in [6.45, 7) is 1.27. The maximum atomic E-state index is 13.5. The lowest BCUT2D eigenvalue weighted by Gasteiger charge is -2.22. The van der Waals surface area contributed by atoms with Gasteiger partial charge in [-0.25, -0.2) is 9.97 Å². The van der Waals surface area contributed by atoms with Gasteiger partial charge in [-0.15, -0.1) is 0 Å². The van der Waals surface area contributed by atoms with E-state index in [1.54, 1.807) is 17.0 Å². The largest absolute Gasteiger partial charge is 0.480 e. The van der Waals surface area contributed by atoms with Crippen molar-refractivity contribution in [3.8, 4) is 45.5 Å². The van der Waals surface area contributed by atoms with E-state index < -0.39 is 25.2 Å². The van der Waals surface area contributed by atoms with Crippen molar-refractivity contribution in [2.45, 2.75) is 66.0 Å². The summed E-state index contributed by atoms with van der Waals surface area (Å²) in [4.78, 5) is 22.9. The highest BCUT2D eigenvalue weighted by Crippen LogP contribution is 2.39. The molecule has 0 spiro atoms. The molecule has 4 aromatic carbocycles. The number of rotatable bonds is 13. The van der Waals surface area contributed by atoms with Crippen LogP contribution in [0, 0.1) is 13.8 Å². The first-order valence-electron chi connectivity index (χ1n) is 17.1. The summed E-state index contributed by atoms with van der Waals surface area (Å²) in [7, 11) is 0. The molecule has 1 fully saturated rings. The maximum Gasteiger partial charge on any atom is 0.387 e. The minimum atomic E-state index is -3.09. The van der Waals surface area contributed by atoms with E-state index in [1.165, 1.54) is 12.1 Å². The minimum Gasteiger partial charge on any atom is -0.480 e. The van der Waals surface area contributed by atoms with Gasteiger partial charge in [0.2, 0.25) is 11.8 Å². The van der Waals surface area contributed by atoms with E-state index in [0.29, 0.717) is 77.2 Å². The van der Waals surface area contributed by atoms with Gasteiger partial charge in [-0.05, 0) is 86.3 Å². The third kappa shape index (κ3) is 7.29. The molecule has 0 aliphatic carbocycles. The highest BCUT2D eigenvalue weighted by atomic mass is 19.3. The highest BCUT2D eigenvalue weighted by molar-refractivity contribution is 5.85. The summed E-state index contributed by atoms with van der Waals surface area (Å²) in [5.74, 6) is -0.460. The Labute approximate surface area is 301 Å². The number of alkyl halides is 4. The number of halogens is 4.